The normalized spacial score (nSPS) is 18.2. The number of thiazole rings is 1. The van der Waals surface area contributed by atoms with E-state index in [1.807, 2.05) is 0 Å². The van der Waals surface area contributed by atoms with Crippen LogP contribution in [0.3, 0.4) is 0 Å². The summed E-state index contributed by atoms with van der Waals surface area (Å²) in [5, 5.41) is 16.7. The van der Waals surface area contributed by atoms with Crippen molar-refractivity contribution in [3.8, 4) is 10.6 Å². The molecule has 2 atom stereocenters. The van der Waals surface area contributed by atoms with E-state index in [1.54, 1.807) is 20.8 Å². The lowest BCUT2D eigenvalue weighted by Gasteiger charge is -2.37. The Bertz CT molecular complexity index is 1540. The van der Waals surface area contributed by atoms with Gasteiger partial charge >= 0.3 is 12.1 Å². The predicted molar refractivity (Wildman–Crippen MR) is 158 cm³/mol. The quantitative estimate of drug-likeness (QED) is 0.308. The summed E-state index contributed by atoms with van der Waals surface area (Å²) in [6.45, 7) is 6.46. The summed E-state index contributed by atoms with van der Waals surface area (Å²) >= 11 is 0.952. The molecule has 13 heteroatoms. The summed E-state index contributed by atoms with van der Waals surface area (Å²) < 4.78 is 34.1. The van der Waals surface area contributed by atoms with Gasteiger partial charge in [0.25, 0.3) is 5.91 Å². The number of piperidine rings is 1. The van der Waals surface area contributed by atoms with E-state index in [4.69, 9.17) is 4.74 Å². The maximum absolute atomic E-state index is 14.3. The van der Waals surface area contributed by atoms with Gasteiger partial charge in [-0.15, -0.1) is 11.3 Å². The van der Waals surface area contributed by atoms with Gasteiger partial charge in [0.1, 0.15) is 27.9 Å². The molecule has 1 aliphatic heterocycles. The molecule has 0 bridgehead atoms. The van der Waals surface area contributed by atoms with Gasteiger partial charge in [-0.3, -0.25) is 14.6 Å². The highest BCUT2D eigenvalue weighted by Crippen LogP contribution is 2.43. The van der Waals surface area contributed by atoms with Gasteiger partial charge in [-0.05, 0) is 64.2 Å². The van der Waals surface area contributed by atoms with Crippen LogP contribution in [0.25, 0.3) is 10.6 Å². The van der Waals surface area contributed by atoms with E-state index in [9.17, 15) is 28.3 Å². The van der Waals surface area contributed by atoms with Crippen molar-refractivity contribution in [2.24, 2.45) is 0 Å². The van der Waals surface area contributed by atoms with E-state index >= 15 is 0 Å². The number of carboxylic acid groups (broad SMARTS) is 1. The van der Waals surface area contributed by atoms with Crippen molar-refractivity contribution in [2.75, 3.05) is 23.3 Å². The summed E-state index contributed by atoms with van der Waals surface area (Å²) in [4.78, 5) is 48.2. The number of nitrogens with zero attached hydrogens (tertiary/aromatic N) is 3. The number of alkyl carbamates (subject to hydrolysis) is 1. The van der Waals surface area contributed by atoms with E-state index in [2.05, 4.69) is 25.5 Å². The second-order valence-electron chi connectivity index (χ2n) is 11.7. The first-order chi connectivity index (χ1) is 20.4. The molecule has 1 fully saturated rings. The van der Waals surface area contributed by atoms with Gasteiger partial charge in [-0.25, -0.2) is 18.6 Å². The van der Waals surface area contributed by atoms with E-state index in [1.165, 1.54) is 17.6 Å². The van der Waals surface area contributed by atoms with E-state index in [0.29, 0.717) is 37.3 Å². The average molecular weight is 614 g/mol. The molecule has 0 spiro atoms. The molecule has 5 rings (SSSR count). The van der Waals surface area contributed by atoms with Gasteiger partial charge in [0.05, 0.1) is 29.6 Å². The van der Waals surface area contributed by atoms with Crippen molar-refractivity contribution in [3.05, 3.63) is 58.4 Å². The number of carbonyl (C=O) groups excluding carboxylic acids is 2. The summed E-state index contributed by atoms with van der Waals surface area (Å²) in [6.07, 6.45) is 3.63. The molecule has 0 radical (unpaired) electrons. The smallest absolute Gasteiger partial charge is 0.407 e. The molecule has 1 unspecified atom stereocenters. The van der Waals surface area contributed by atoms with Gasteiger partial charge in [0.2, 0.25) is 0 Å². The van der Waals surface area contributed by atoms with Gasteiger partial charge in [0, 0.05) is 36.1 Å². The summed E-state index contributed by atoms with van der Waals surface area (Å²) in [7, 11) is 0. The third-order valence-corrected chi connectivity index (χ3v) is 8.21. The highest BCUT2D eigenvalue weighted by molar-refractivity contribution is 7.13. The Morgan fingerprint density at radius 1 is 1.19 bits per heavy atom. The Morgan fingerprint density at radius 2 is 1.93 bits per heavy atom. The van der Waals surface area contributed by atoms with Crippen LogP contribution in [0.15, 0.2) is 29.8 Å². The van der Waals surface area contributed by atoms with Crippen LogP contribution in [-0.4, -0.2) is 57.8 Å². The first kappa shape index (κ1) is 30.3. The minimum absolute atomic E-state index is 0.0130. The van der Waals surface area contributed by atoms with Crippen molar-refractivity contribution < 1.29 is 33.0 Å². The second-order valence-corrected chi connectivity index (χ2v) is 12.6. The van der Waals surface area contributed by atoms with Crippen LogP contribution in [0.1, 0.15) is 74.1 Å². The number of ether oxygens (including phenoxy) is 1. The van der Waals surface area contributed by atoms with Crippen LogP contribution in [0.4, 0.5) is 25.0 Å². The zero-order valence-corrected chi connectivity index (χ0v) is 24.9. The number of carbonyl (C=O) groups is 3. The maximum atomic E-state index is 14.3. The number of anilines is 2. The van der Waals surface area contributed by atoms with Crippen LogP contribution in [0.2, 0.25) is 0 Å². The van der Waals surface area contributed by atoms with Crippen molar-refractivity contribution in [1.82, 2.24) is 15.3 Å². The number of halogens is 2. The second kappa shape index (κ2) is 12.2. The Hall–Kier alpha value is -4.13. The molecule has 1 saturated heterocycles. The lowest BCUT2D eigenvalue weighted by atomic mass is 10.0. The first-order valence-corrected chi connectivity index (χ1v) is 15.0. The Kier molecular flexibility index (Phi) is 8.63. The Balaban J connectivity index is 1.43. The number of rotatable bonds is 7. The fourth-order valence-corrected chi connectivity index (χ4v) is 6.47. The van der Waals surface area contributed by atoms with Crippen LogP contribution in [-0.2, 0) is 16.0 Å². The zero-order chi connectivity index (χ0) is 30.9. The topological polar surface area (TPSA) is 134 Å². The number of aromatic nitrogens is 2. The summed E-state index contributed by atoms with van der Waals surface area (Å²) in [5.41, 5.74) is 1.71. The minimum Gasteiger partial charge on any atom is -0.481 e. The zero-order valence-electron chi connectivity index (χ0n) is 24.1. The summed E-state index contributed by atoms with van der Waals surface area (Å²) in [5.74, 6) is -3.30. The molecular weight excluding hydrogens is 580 g/mol. The molecule has 3 N–H and O–H groups in total. The maximum Gasteiger partial charge on any atom is 0.407 e. The molecule has 3 aromatic rings. The Labute approximate surface area is 251 Å². The number of carboxylic acids is 1. The van der Waals surface area contributed by atoms with Crippen molar-refractivity contribution in [2.45, 2.75) is 70.4 Å². The van der Waals surface area contributed by atoms with Crippen LogP contribution >= 0.6 is 11.3 Å². The average Bonchev–Trinajstić information content (AvgIpc) is 3.55. The number of amides is 2. The third-order valence-electron chi connectivity index (χ3n) is 7.35. The van der Waals surface area contributed by atoms with Crippen molar-refractivity contribution in [1.29, 1.82) is 0 Å². The summed E-state index contributed by atoms with van der Waals surface area (Å²) in [6, 6.07) is 3.29. The molecule has 3 heterocycles. The minimum atomic E-state index is -0.913. The number of benzene rings is 1. The molecular formula is C30H33F2N5O5S. The van der Waals surface area contributed by atoms with E-state index in [0.717, 1.165) is 47.6 Å². The van der Waals surface area contributed by atoms with Crippen LogP contribution in [0, 0.1) is 11.6 Å². The van der Waals surface area contributed by atoms with Gasteiger partial charge in [-0.2, -0.15) is 0 Å². The molecule has 0 saturated carbocycles. The highest BCUT2D eigenvalue weighted by atomic mass is 32.1. The molecule has 1 aromatic carbocycles. The molecule has 43 heavy (non-hydrogen) atoms. The monoisotopic (exact) mass is 613 g/mol. The lowest BCUT2D eigenvalue weighted by Crippen LogP contribution is -2.49. The number of nitrogens with one attached hydrogen (secondary N) is 2. The number of hydrogen-bond acceptors (Lipinski definition) is 8. The molecule has 10 nitrogen and oxygen atoms in total. The first-order valence-electron chi connectivity index (χ1n) is 14.1. The van der Waals surface area contributed by atoms with Crippen LogP contribution < -0.4 is 15.5 Å². The molecule has 228 valence electrons. The fraction of sp³-hybridized carbons (Fsp3) is 0.433. The largest absolute Gasteiger partial charge is 0.481 e. The number of pyridine rings is 1. The lowest BCUT2D eigenvalue weighted by molar-refractivity contribution is -0.137. The molecule has 1 aliphatic carbocycles. The van der Waals surface area contributed by atoms with Crippen molar-refractivity contribution >= 4 is 40.7 Å². The molecule has 2 amide bonds. The van der Waals surface area contributed by atoms with Crippen LogP contribution in [0.5, 0.6) is 0 Å². The molecule has 2 aliphatic rings. The SMILES string of the molecule is CC(C)(C)OC(=O)N[C@H]1CCCN(c2c(NC(=O)c3csc(-c4c(F)cccc4F)n3)cnc3c2CCC3CC(=O)O)C1. The fourth-order valence-electron chi connectivity index (χ4n) is 5.63. The Morgan fingerprint density at radius 3 is 2.63 bits per heavy atom. The number of fused-ring (bicyclic) bond motifs is 1. The number of aliphatic carboxylic acids is 1. The standard InChI is InChI=1S/C30H33F2N5O5S/c1-30(2,3)42-29(41)34-17-6-5-11-37(14-17)26-18-10-9-16(12-23(38)39)25(18)33-13-21(26)35-27(40)22-15-43-28(36-22)24-19(31)7-4-8-20(24)32/h4,7-8,13,15-17H,5-6,9-12,14H2,1-3H3,(H,34,41)(H,35,40)(H,38,39)/t16?,17-/m0/s1. The molecule has 2 aromatic heterocycles. The predicted octanol–water partition coefficient (Wildman–Crippen LogP) is 5.73. The van der Waals surface area contributed by atoms with Gasteiger partial charge < -0.3 is 25.4 Å². The third kappa shape index (κ3) is 6.93. The van der Waals surface area contributed by atoms with Crippen molar-refractivity contribution in [3.63, 3.8) is 0 Å². The van der Waals surface area contributed by atoms with Gasteiger partial charge in [0.15, 0.2) is 0 Å². The van der Waals surface area contributed by atoms with Gasteiger partial charge in [-0.1, -0.05) is 6.07 Å². The number of hydrogen-bond donors (Lipinski definition) is 3. The highest BCUT2D eigenvalue weighted by Gasteiger charge is 2.34. The van der Waals surface area contributed by atoms with E-state index in [-0.39, 0.29) is 34.6 Å². The van der Waals surface area contributed by atoms with E-state index < -0.39 is 35.2 Å².